The van der Waals surface area contributed by atoms with E-state index in [9.17, 15) is 4.79 Å². The minimum atomic E-state index is -0.452. The number of carbonyl (C=O) groups is 1. The Morgan fingerprint density at radius 3 is 2.00 bits per heavy atom. The van der Waals surface area contributed by atoms with Crippen LogP contribution in [0.25, 0.3) is 0 Å². The van der Waals surface area contributed by atoms with Crippen LogP contribution in [-0.4, -0.2) is 26.3 Å². The summed E-state index contributed by atoms with van der Waals surface area (Å²) in [6.07, 6.45) is 1.55. The van der Waals surface area contributed by atoms with Gasteiger partial charge in [0.15, 0.2) is 11.5 Å². The number of hydrogen-bond donors (Lipinski definition) is 1. The van der Waals surface area contributed by atoms with Crippen LogP contribution in [0.15, 0.2) is 84.0 Å². The van der Waals surface area contributed by atoms with Gasteiger partial charge in [0.25, 0.3) is 5.91 Å². The molecule has 1 N–H and O–H groups in total. The predicted molar refractivity (Wildman–Crippen MR) is 110 cm³/mol. The van der Waals surface area contributed by atoms with E-state index in [0.29, 0.717) is 17.1 Å². The molecule has 3 aromatic carbocycles. The minimum absolute atomic E-state index is 0.212. The summed E-state index contributed by atoms with van der Waals surface area (Å²) < 4.78 is 10.7. The van der Waals surface area contributed by atoms with E-state index in [2.05, 4.69) is 10.5 Å². The highest BCUT2D eigenvalue weighted by Gasteiger charge is 2.22. The van der Waals surface area contributed by atoms with Crippen LogP contribution in [-0.2, 0) is 4.79 Å². The molecule has 0 aromatic heterocycles. The first-order chi connectivity index (χ1) is 13.7. The van der Waals surface area contributed by atoms with Crippen molar-refractivity contribution in [1.29, 1.82) is 0 Å². The lowest BCUT2D eigenvalue weighted by atomic mass is 9.91. The second kappa shape index (κ2) is 9.37. The minimum Gasteiger partial charge on any atom is -0.493 e. The van der Waals surface area contributed by atoms with E-state index in [1.54, 1.807) is 26.5 Å². The van der Waals surface area contributed by atoms with Gasteiger partial charge in [-0.05, 0) is 23.3 Å². The Hall–Kier alpha value is -3.60. The van der Waals surface area contributed by atoms with E-state index in [1.165, 1.54) is 0 Å². The molecule has 0 bridgehead atoms. The largest absolute Gasteiger partial charge is 0.493 e. The van der Waals surface area contributed by atoms with Gasteiger partial charge in [0, 0.05) is 5.56 Å². The third kappa shape index (κ3) is 4.38. The maximum absolute atomic E-state index is 12.9. The summed E-state index contributed by atoms with van der Waals surface area (Å²) in [7, 11) is 3.14. The number of methoxy groups -OCH3 is 2. The third-order valence-corrected chi connectivity index (χ3v) is 4.34. The zero-order valence-electron chi connectivity index (χ0n) is 15.8. The van der Waals surface area contributed by atoms with E-state index in [4.69, 9.17) is 9.47 Å². The van der Waals surface area contributed by atoms with Crippen molar-refractivity contribution in [2.45, 2.75) is 5.92 Å². The molecule has 1 amide bonds. The summed E-state index contributed by atoms with van der Waals surface area (Å²) in [5.74, 6) is 0.497. The maximum atomic E-state index is 12.9. The van der Waals surface area contributed by atoms with Crippen molar-refractivity contribution in [3.05, 3.63) is 95.6 Å². The highest BCUT2D eigenvalue weighted by atomic mass is 16.5. The molecule has 28 heavy (non-hydrogen) atoms. The SMILES string of the molecule is COc1cccc(C=NNC(=O)C(c2ccccc2)c2ccccc2)c1OC. The molecule has 0 fully saturated rings. The zero-order valence-corrected chi connectivity index (χ0v) is 15.8. The van der Waals surface area contributed by atoms with Gasteiger partial charge < -0.3 is 9.47 Å². The van der Waals surface area contributed by atoms with Gasteiger partial charge in [-0.15, -0.1) is 0 Å². The number of para-hydroxylation sites is 1. The molecule has 0 aliphatic heterocycles. The maximum Gasteiger partial charge on any atom is 0.252 e. The number of hydrogen-bond acceptors (Lipinski definition) is 4. The van der Waals surface area contributed by atoms with Gasteiger partial charge >= 0.3 is 0 Å². The number of ether oxygens (including phenoxy) is 2. The van der Waals surface area contributed by atoms with Crippen molar-refractivity contribution in [3.63, 3.8) is 0 Å². The summed E-state index contributed by atoms with van der Waals surface area (Å²) in [5.41, 5.74) is 5.16. The lowest BCUT2D eigenvalue weighted by Gasteiger charge is -2.16. The number of carbonyl (C=O) groups excluding carboxylic acids is 1. The summed E-state index contributed by atoms with van der Waals surface area (Å²) >= 11 is 0. The first-order valence-corrected chi connectivity index (χ1v) is 8.88. The van der Waals surface area contributed by atoms with E-state index < -0.39 is 5.92 Å². The Bertz CT molecular complexity index is 901. The molecular formula is C23H22N2O3. The lowest BCUT2D eigenvalue weighted by Crippen LogP contribution is -2.26. The smallest absolute Gasteiger partial charge is 0.252 e. The normalized spacial score (nSPS) is 10.8. The fourth-order valence-electron chi connectivity index (χ4n) is 3.03. The number of nitrogens with one attached hydrogen (secondary N) is 1. The van der Waals surface area contributed by atoms with Crippen molar-refractivity contribution >= 4 is 12.1 Å². The van der Waals surface area contributed by atoms with Gasteiger partial charge in [0.2, 0.25) is 0 Å². The summed E-state index contributed by atoms with van der Waals surface area (Å²) in [5, 5.41) is 4.14. The number of nitrogens with zero attached hydrogens (tertiary/aromatic N) is 1. The van der Waals surface area contributed by atoms with Crippen LogP contribution in [0.1, 0.15) is 22.6 Å². The molecule has 3 aromatic rings. The molecule has 0 heterocycles. The summed E-state index contributed by atoms with van der Waals surface area (Å²) in [6, 6.07) is 24.8. The number of amides is 1. The Morgan fingerprint density at radius 1 is 0.857 bits per heavy atom. The molecule has 0 aliphatic carbocycles. The standard InChI is InChI=1S/C23H22N2O3/c1-27-20-15-9-14-19(22(20)28-2)16-24-25-23(26)21(17-10-5-3-6-11-17)18-12-7-4-8-13-18/h3-16,21H,1-2H3,(H,25,26). The molecule has 0 unspecified atom stereocenters. The van der Waals surface area contributed by atoms with Crippen LogP contribution < -0.4 is 14.9 Å². The van der Waals surface area contributed by atoms with E-state index in [0.717, 1.165) is 11.1 Å². The molecule has 0 radical (unpaired) electrons. The fourth-order valence-corrected chi connectivity index (χ4v) is 3.03. The van der Waals surface area contributed by atoms with Gasteiger partial charge in [-0.2, -0.15) is 5.10 Å². The van der Waals surface area contributed by atoms with E-state index in [-0.39, 0.29) is 5.91 Å². The molecule has 0 aliphatic rings. The monoisotopic (exact) mass is 374 g/mol. The number of rotatable bonds is 7. The van der Waals surface area contributed by atoms with Crippen LogP contribution in [0, 0.1) is 0 Å². The summed E-state index contributed by atoms with van der Waals surface area (Å²) in [4.78, 5) is 12.9. The molecule has 0 atom stereocenters. The fraction of sp³-hybridized carbons (Fsp3) is 0.130. The van der Waals surface area contributed by atoms with E-state index in [1.807, 2.05) is 72.8 Å². The molecule has 0 spiro atoms. The number of hydrazone groups is 1. The van der Waals surface area contributed by atoms with Crippen LogP contribution in [0.4, 0.5) is 0 Å². The molecule has 5 heteroatoms. The summed E-state index contributed by atoms with van der Waals surface area (Å²) in [6.45, 7) is 0. The van der Waals surface area contributed by atoms with Crippen molar-refractivity contribution in [1.82, 2.24) is 5.43 Å². The Morgan fingerprint density at radius 2 is 1.46 bits per heavy atom. The average Bonchev–Trinajstić information content (AvgIpc) is 2.75. The molecule has 0 saturated carbocycles. The van der Waals surface area contributed by atoms with Crippen LogP contribution in [0.5, 0.6) is 11.5 Å². The topological polar surface area (TPSA) is 59.9 Å². The Balaban J connectivity index is 1.83. The second-order valence-corrected chi connectivity index (χ2v) is 6.07. The van der Waals surface area contributed by atoms with Gasteiger partial charge in [0.05, 0.1) is 26.4 Å². The van der Waals surface area contributed by atoms with Gasteiger partial charge in [0.1, 0.15) is 0 Å². The first kappa shape index (κ1) is 19.2. The molecule has 5 nitrogen and oxygen atoms in total. The Kier molecular flexibility index (Phi) is 6.41. The predicted octanol–water partition coefficient (Wildman–Crippen LogP) is 3.99. The van der Waals surface area contributed by atoms with Gasteiger partial charge in [-0.3, -0.25) is 4.79 Å². The quantitative estimate of drug-likeness (QED) is 0.503. The second-order valence-electron chi connectivity index (χ2n) is 6.07. The highest BCUT2D eigenvalue weighted by Crippen LogP contribution is 2.29. The molecular weight excluding hydrogens is 352 g/mol. The van der Waals surface area contributed by atoms with Crippen molar-refractivity contribution in [2.75, 3.05) is 14.2 Å². The van der Waals surface area contributed by atoms with Gasteiger partial charge in [-0.1, -0.05) is 66.7 Å². The number of benzene rings is 3. The van der Waals surface area contributed by atoms with Crippen molar-refractivity contribution in [2.24, 2.45) is 5.10 Å². The highest BCUT2D eigenvalue weighted by molar-refractivity contribution is 5.90. The lowest BCUT2D eigenvalue weighted by molar-refractivity contribution is -0.121. The molecule has 0 saturated heterocycles. The first-order valence-electron chi connectivity index (χ1n) is 8.88. The van der Waals surface area contributed by atoms with Crippen molar-refractivity contribution in [3.8, 4) is 11.5 Å². The molecule has 142 valence electrons. The third-order valence-electron chi connectivity index (χ3n) is 4.34. The van der Waals surface area contributed by atoms with Crippen LogP contribution in [0.2, 0.25) is 0 Å². The van der Waals surface area contributed by atoms with E-state index >= 15 is 0 Å². The van der Waals surface area contributed by atoms with Crippen molar-refractivity contribution < 1.29 is 14.3 Å². The van der Waals surface area contributed by atoms with Gasteiger partial charge in [-0.25, -0.2) is 5.43 Å². The van der Waals surface area contributed by atoms with Crippen LogP contribution in [0.3, 0.4) is 0 Å². The average molecular weight is 374 g/mol. The zero-order chi connectivity index (χ0) is 19.8. The van der Waals surface area contributed by atoms with Crippen LogP contribution >= 0.6 is 0 Å². The Labute approximate surface area is 164 Å². The molecule has 3 rings (SSSR count).